The Hall–Kier alpha value is -2.63. The molecule has 1 aromatic rings. The molecule has 2 bridgehead atoms. The van der Waals surface area contributed by atoms with Crippen LogP contribution in [0.4, 0.5) is 17.6 Å². The Labute approximate surface area is 188 Å². The lowest BCUT2D eigenvalue weighted by Crippen LogP contribution is -2.50. The van der Waals surface area contributed by atoms with Crippen molar-refractivity contribution in [1.29, 1.82) is 0 Å². The number of fused-ring (bicyclic) bond motifs is 5. The van der Waals surface area contributed by atoms with Crippen LogP contribution in [0.3, 0.4) is 0 Å². The number of hydrogen-bond donors (Lipinski definition) is 0. The van der Waals surface area contributed by atoms with Crippen LogP contribution in [0.1, 0.15) is 50.0 Å². The second-order valence-corrected chi connectivity index (χ2v) is 10.0. The van der Waals surface area contributed by atoms with Gasteiger partial charge in [0, 0.05) is 18.2 Å². The maximum Gasteiger partial charge on any atom is 0.483 e. The van der Waals surface area contributed by atoms with Gasteiger partial charge in [-0.15, -0.1) is 0 Å². The molecule has 2 fully saturated rings. The van der Waals surface area contributed by atoms with Gasteiger partial charge in [0.15, 0.2) is 11.6 Å². The van der Waals surface area contributed by atoms with Crippen molar-refractivity contribution in [2.45, 2.75) is 56.7 Å². The van der Waals surface area contributed by atoms with E-state index in [0.29, 0.717) is 36.6 Å². The van der Waals surface area contributed by atoms with Crippen LogP contribution >= 0.6 is 0 Å². The second kappa shape index (κ2) is 8.62. The van der Waals surface area contributed by atoms with Crippen LogP contribution in [0.25, 0.3) is 0 Å². The molecule has 1 amide bonds. The molecule has 0 spiro atoms. The van der Waals surface area contributed by atoms with Crippen LogP contribution in [-0.4, -0.2) is 49.9 Å². The van der Waals surface area contributed by atoms with Crippen molar-refractivity contribution in [3.63, 3.8) is 0 Å². The molecule has 0 N–H and O–H groups in total. The highest BCUT2D eigenvalue weighted by Gasteiger charge is 2.49. The summed E-state index contributed by atoms with van der Waals surface area (Å²) in [4.78, 5) is 13.5. The molecule has 1 aliphatic carbocycles. The van der Waals surface area contributed by atoms with Gasteiger partial charge in [-0.1, -0.05) is 0 Å². The van der Waals surface area contributed by atoms with E-state index in [0.717, 1.165) is 18.6 Å². The number of carbonyl (C=O) groups excluding carboxylic acids is 1. The third-order valence-electron chi connectivity index (χ3n) is 5.91. The highest BCUT2D eigenvalue weighted by molar-refractivity contribution is 7.89. The summed E-state index contributed by atoms with van der Waals surface area (Å²) in [6.45, 7) is -0.179. The number of benzene rings is 1. The van der Waals surface area contributed by atoms with Crippen molar-refractivity contribution in [3.8, 4) is 5.75 Å². The molecule has 4 aliphatic rings. The van der Waals surface area contributed by atoms with E-state index < -0.39 is 45.3 Å². The van der Waals surface area contributed by atoms with Gasteiger partial charge < -0.3 is 9.47 Å². The first kappa shape index (κ1) is 23.5. The van der Waals surface area contributed by atoms with E-state index in [9.17, 15) is 22.0 Å². The summed E-state index contributed by atoms with van der Waals surface area (Å²) < 4.78 is 96.0. The first-order chi connectivity index (χ1) is 15.4. The maximum absolute atomic E-state index is 15.0. The topological polar surface area (TPSA) is 85.3 Å². The molecule has 12 heteroatoms. The van der Waals surface area contributed by atoms with Crippen LogP contribution in [0.2, 0.25) is 0 Å². The zero-order chi connectivity index (χ0) is 24.0. The normalized spacial score (nSPS) is 28.3. The number of rotatable bonds is 1. The minimum atomic E-state index is -4.52. The van der Waals surface area contributed by atoms with Crippen molar-refractivity contribution in [3.05, 3.63) is 41.3 Å². The van der Waals surface area contributed by atoms with E-state index in [4.69, 9.17) is 4.74 Å². The Morgan fingerprint density at radius 2 is 1.85 bits per heavy atom. The second-order valence-electron chi connectivity index (χ2n) is 8.37. The number of hydrogen-bond acceptors (Lipinski definition) is 5. The molecule has 1 aromatic carbocycles. The summed E-state index contributed by atoms with van der Waals surface area (Å²) in [5.41, 5.74) is -0.366. The van der Waals surface area contributed by atoms with Crippen LogP contribution in [-0.2, 0) is 19.6 Å². The number of piperidine rings is 1. The highest BCUT2D eigenvalue weighted by Crippen LogP contribution is 2.42. The zero-order valence-electron chi connectivity index (χ0n) is 17.7. The van der Waals surface area contributed by atoms with Crippen molar-refractivity contribution in [1.82, 2.24) is 4.90 Å². The first-order valence-corrected chi connectivity index (χ1v) is 12.3. The molecule has 33 heavy (non-hydrogen) atoms. The Morgan fingerprint density at radius 1 is 1.15 bits per heavy atom. The lowest BCUT2D eigenvalue weighted by atomic mass is 9.82. The van der Waals surface area contributed by atoms with Crippen LogP contribution in [0.15, 0.2) is 28.5 Å². The summed E-state index contributed by atoms with van der Waals surface area (Å²) in [6.07, 6.45) is -0.961. The zero-order valence-corrected chi connectivity index (χ0v) is 18.5. The van der Waals surface area contributed by atoms with Crippen LogP contribution in [0.5, 0.6) is 5.75 Å². The number of nitrogens with zero attached hydrogens (tertiary/aromatic N) is 2. The van der Waals surface area contributed by atoms with Gasteiger partial charge in [-0.25, -0.2) is 17.2 Å². The minimum Gasteiger partial charge on any atom is -0.496 e. The number of amides is 1. The van der Waals surface area contributed by atoms with Crippen molar-refractivity contribution < 1.29 is 40.2 Å². The molecule has 5 rings (SSSR count). The largest absolute Gasteiger partial charge is 0.496 e. The Bertz CT molecular complexity index is 1130. The molecule has 0 radical (unpaired) electrons. The van der Waals surface area contributed by atoms with Gasteiger partial charge in [0.25, 0.3) is 10.0 Å². The summed E-state index contributed by atoms with van der Waals surface area (Å²) >= 11 is 0. The van der Waals surface area contributed by atoms with Crippen molar-refractivity contribution in [2.75, 3.05) is 12.8 Å². The molecule has 0 unspecified atom stereocenters. The quantitative estimate of drug-likeness (QED) is 0.559. The number of sulfonamides is 1. The Kier molecular flexibility index (Phi) is 6.14. The molecule has 1 saturated carbocycles. The Morgan fingerprint density at radius 3 is 2.52 bits per heavy atom. The average Bonchev–Trinajstić information content (AvgIpc) is 2.73. The molecule has 180 valence electrons. The molecule has 0 aromatic heterocycles. The number of halogens is 4. The number of carbonyl (C=O) groups is 1. The minimum absolute atomic E-state index is 0.0659. The Balaban J connectivity index is 1.83. The van der Waals surface area contributed by atoms with Gasteiger partial charge in [-0.3, -0.25) is 9.69 Å². The number of ether oxygens (including phenoxy) is 2. The van der Waals surface area contributed by atoms with E-state index in [1.807, 2.05) is 0 Å². The van der Waals surface area contributed by atoms with E-state index in [2.05, 4.69) is 9.13 Å². The third-order valence-corrected chi connectivity index (χ3v) is 6.46. The van der Waals surface area contributed by atoms with Crippen LogP contribution in [0, 0.1) is 11.6 Å². The predicted molar refractivity (Wildman–Crippen MR) is 109 cm³/mol. The van der Waals surface area contributed by atoms with Crippen molar-refractivity contribution in [2.24, 2.45) is 4.40 Å². The lowest BCUT2D eigenvalue weighted by molar-refractivity contribution is -0.202. The summed E-state index contributed by atoms with van der Waals surface area (Å²) in [5.74, 6) is -5.44. The van der Waals surface area contributed by atoms with E-state index in [1.54, 1.807) is 0 Å². The summed E-state index contributed by atoms with van der Waals surface area (Å²) in [5, 5.41) is 0. The number of allylic oxidation sites excluding steroid dienone is 1. The highest BCUT2D eigenvalue weighted by atomic mass is 32.2. The smallest absolute Gasteiger partial charge is 0.483 e. The lowest BCUT2D eigenvalue weighted by Gasteiger charge is -2.32. The molecular weight excluding hydrogens is 468 g/mol. The average molecular weight is 490 g/mol. The third kappa shape index (κ3) is 4.99. The van der Waals surface area contributed by atoms with Gasteiger partial charge in [-0.2, -0.15) is 13.2 Å². The summed E-state index contributed by atoms with van der Waals surface area (Å²) in [7, 11) is -3.89. The molecule has 1 saturated heterocycles. The van der Waals surface area contributed by atoms with Gasteiger partial charge in [0.05, 0.1) is 18.1 Å². The number of alkyl halides is 2. The fourth-order valence-electron chi connectivity index (χ4n) is 4.43. The standard InChI is InChI=1S/C21H22F4N2O5S/c1-33(29,30)26-17-3-2-8-27-18(17)11-31-14-6-4-12(5-7-14)15-9-13(22)10-16(23)19(15)32-21(24,25)20(27)28/h9-12,14H,2-8H2,1H3/b18-11-,26-17+. The molecular formula is C21H22F4N2O5S. The van der Waals surface area contributed by atoms with E-state index in [-0.39, 0.29) is 42.5 Å². The monoisotopic (exact) mass is 490 g/mol. The predicted octanol–water partition coefficient (Wildman–Crippen LogP) is 3.86. The van der Waals surface area contributed by atoms with Gasteiger partial charge >= 0.3 is 12.0 Å². The molecule has 3 aliphatic heterocycles. The van der Waals surface area contributed by atoms with Gasteiger partial charge in [0.1, 0.15) is 17.8 Å². The van der Waals surface area contributed by atoms with Crippen molar-refractivity contribution >= 4 is 21.6 Å². The van der Waals surface area contributed by atoms with E-state index >= 15 is 8.78 Å². The molecule has 0 atom stereocenters. The first-order valence-electron chi connectivity index (χ1n) is 10.5. The molecule has 7 nitrogen and oxygen atoms in total. The van der Waals surface area contributed by atoms with E-state index in [1.165, 1.54) is 0 Å². The van der Waals surface area contributed by atoms with Gasteiger partial charge in [-0.05, 0) is 50.5 Å². The van der Waals surface area contributed by atoms with Gasteiger partial charge in [0.2, 0.25) is 0 Å². The fraction of sp³-hybridized carbons (Fsp3) is 0.524. The van der Waals surface area contributed by atoms with Crippen LogP contribution < -0.4 is 4.74 Å². The maximum atomic E-state index is 15.0. The SMILES string of the molecule is CS(=O)(=O)/N=C1CCCN2C(=O)C(F)(F)Oc3c(F)cc(F)cc3C3CCC(CC3)O\C=C\12. The summed E-state index contributed by atoms with van der Waals surface area (Å²) in [6, 6.07) is 1.38. The fourth-order valence-corrected chi connectivity index (χ4v) is 5.02. The molecule has 3 heterocycles.